The van der Waals surface area contributed by atoms with E-state index in [-0.39, 0.29) is 29.2 Å². The minimum absolute atomic E-state index is 0.219. The first-order valence-corrected chi connectivity index (χ1v) is 7.51. The van der Waals surface area contributed by atoms with Gasteiger partial charge >= 0.3 is 0 Å². The number of allylic oxidation sites excluding steroid dienone is 2. The van der Waals surface area contributed by atoms with E-state index >= 15 is 0 Å². The minimum atomic E-state index is -1.53. The van der Waals surface area contributed by atoms with E-state index in [4.69, 9.17) is 19.9 Å². The molecule has 24 heavy (non-hydrogen) atoms. The smallest absolute Gasteiger partial charge is 0.196 e. The van der Waals surface area contributed by atoms with Crippen LogP contribution in [-0.2, 0) is 4.74 Å². The summed E-state index contributed by atoms with van der Waals surface area (Å²) in [5.41, 5.74) is 8.61. The normalized spacial score (nSPS) is 20.2. The molecule has 1 aliphatic carbocycles. The van der Waals surface area contributed by atoms with Crippen molar-refractivity contribution in [2.75, 3.05) is 27.1 Å². The van der Waals surface area contributed by atoms with Gasteiger partial charge in [-0.25, -0.2) is 0 Å². The number of methoxy groups -OCH3 is 3. The third-order valence-electron chi connectivity index (χ3n) is 4.18. The lowest BCUT2D eigenvalue weighted by molar-refractivity contribution is -0.134. The quantitative estimate of drug-likeness (QED) is 0.489. The molecule has 0 radical (unpaired) electrons. The summed E-state index contributed by atoms with van der Waals surface area (Å²) >= 11 is 0. The maximum atomic E-state index is 12.1. The molecule has 1 aliphatic rings. The molecule has 6 nitrogen and oxygen atoms in total. The van der Waals surface area contributed by atoms with Crippen molar-refractivity contribution in [2.24, 2.45) is 0 Å². The Morgan fingerprint density at radius 2 is 1.96 bits per heavy atom. The maximum Gasteiger partial charge on any atom is 0.196 e. The zero-order valence-corrected chi connectivity index (χ0v) is 14.6. The number of nitrogens with two attached hydrogens (primary N) is 1. The molecule has 3 N–H and O–H groups in total. The highest BCUT2D eigenvalue weighted by molar-refractivity contribution is 6.05. The van der Waals surface area contributed by atoms with Gasteiger partial charge in [0.05, 0.1) is 25.5 Å². The molecule has 1 unspecified atom stereocenters. The average molecular weight is 333 g/mol. The van der Waals surface area contributed by atoms with Gasteiger partial charge in [-0.1, -0.05) is 17.7 Å². The Morgan fingerprint density at radius 1 is 1.29 bits per heavy atom. The Hall–Kier alpha value is -2.31. The molecule has 1 aromatic rings. The van der Waals surface area contributed by atoms with Gasteiger partial charge in [-0.3, -0.25) is 4.79 Å². The van der Waals surface area contributed by atoms with Crippen molar-refractivity contribution in [3.8, 4) is 11.5 Å². The van der Waals surface area contributed by atoms with E-state index < -0.39 is 5.79 Å². The van der Waals surface area contributed by atoms with Crippen LogP contribution in [0.15, 0.2) is 23.8 Å². The van der Waals surface area contributed by atoms with Crippen molar-refractivity contribution in [1.29, 1.82) is 0 Å². The van der Waals surface area contributed by atoms with Gasteiger partial charge < -0.3 is 25.1 Å². The molecule has 1 aromatic carbocycles. The number of carbonyl (C=O) groups is 1. The van der Waals surface area contributed by atoms with Gasteiger partial charge in [0.25, 0.3) is 0 Å². The molecule has 0 fully saturated rings. The number of Topliss-reactive ketones (excluding diaryl/α,β-unsaturated/α-hetero) is 1. The van der Waals surface area contributed by atoms with E-state index in [2.05, 4.69) is 0 Å². The predicted octanol–water partition coefficient (Wildman–Crippen LogP) is 2.56. The Kier molecular flexibility index (Phi) is 5.01. The zero-order valence-electron chi connectivity index (χ0n) is 14.6. The Labute approximate surface area is 141 Å². The molecule has 0 aromatic heterocycles. The van der Waals surface area contributed by atoms with Gasteiger partial charge in [0.2, 0.25) is 0 Å². The molecule has 0 bridgehead atoms. The molecule has 130 valence electrons. The summed E-state index contributed by atoms with van der Waals surface area (Å²) in [4.78, 5) is 12.1. The highest BCUT2D eigenvalue weighted by atomic mass is 16.6. The number of hydrogen-bond acceptors (Lipinski definition) is 6. The van der Waals surface area contributed by atoms with Crippen molar-refractivity contribution in [2.45, 2.75) is 26.1 Å². The molecule has 2 rings (SSSR count). The van der Waals surface area contributed by atoms with Gasteiger partial charge in [0.15, 0.2) is 23.1 Å². The number of hydrogen-bond donors (Lipinski definition) is 2. The number of rotatable bonds is 5. The summed E-state index contributed by atoms with van der Waals surface area (Å²) in [5.74, 6) is -1.15. The first-order valence-electron chi connectivity index (χ1n) is 7.51. The summed E-state index contributed by atoms with van der Waals surface area (Å²) in [5, 5.41) is 10.8. The van der Waals surface area contributed by atoms with Crippen molar-refractivity contribution >= 4 is 17.0 Å². The molecule has 0 amide bonds. The van der Waals surface area contributed by atoms with Crippen molar-refractivity contribution < 1.29 is 24.1 Å². The van der Waals surface area contributed by atoms with E-state index in [1.807, 2.05) is 13.0 Å². The first kappa shape index (κ1) is 18.0. The number of ketones is 1. The van der Waals surface area contributed by atoms with Gasteiger partial charge in [-0.2, -0.15) is 0 Å². The molecular weight excluding hydrogens is 310 g/mol. The highest BCUT2D eigenvalue weighted by Gasteiger charge is 2.36. The van der Waals surface area contributed by atoms with Crippen LogP contribution in [0.25, 0.3) is 5.57 Å². The maximum absolute atomic E-state index is 12.1. The average Bonchev–Trinajstić information content (AvgIpc) is 2.56. The van der Waals surface area contributed by atoms with Crippen LogP contribution < -0.4 is 15.2 Å². The number of nitrogen functional groups attached to an aromatic ring is 1. The summed E-state index contributed by atoms with van der Waals surface area (Å²) in [6, 6.07) is 1.65. The van der Waals surface area contributed by atoms with E-state index in [0.717, 1.165) is 5.57 Å². The lowest BCUT2D eigenvalue weighted by Gasteiger charge is -2.32. The molecule has 0 saturated carbocycles. The third-order valence-corrected chi connectivity index (χ3v) is 4.18. The zero-order chi connectivity index (χ0) is 18.1. The summed E-state index contributed by atoms with van der Waals surface area (Å²) in [6.45, 7) is 3.32. The Morgan fingerprint density at radius 3 is 2.46 bits per heavy atom. The van der Waals surface area contributed by atoms with E-state index in [0.29, 0.717) is 16.9 Å². The fourth-order valence-electron chi connectivity index (χ4n) is 2.87. The van der Waals surface area contributed by atoms with Crippen molar-refractivity contribution in [1.82, 2.24) is 0 Å². The van der Waals surface area contributed by atoms with Crippen LogP contribution in [0, 0.1) is 0 Å². The summed E-state index contributed by atoms with van der Waals surface area (Å²) in [7, 11) is 4.34. The molecule has 0 spiro atoms. The van der Waals surface area contributed by atoms with Crippen LogP contribution in [0.4, 0.5) is 5.69 Å². The van der Waals surface area contributed by atoms with Crippen LogP contribution in [-0.4, -0.2) is 38.0 Å². The number of ether oxygens (including phenoxy) is 3. The molecule has 0 aliphatic heterocycles. The van der Waals surface area contributed by atoms with Crippen LogP contribution in [0.3, 0.4) is 0 Å². The lowest BCUT2D eigenvalue weighted by Crippen LogP contribution is -2.34. The second-order valence-electron chi connectivity index (χ2n) is 5.70. The number of carbonyl (C=O) groups excluding carboxylic acids is 1. The number of aliphatic hydroxyl groups is 1. The lowest BCUT2D eigenvalue weighted by atomic mass is 9.86. The topological polar surface area (TPSA) is 91.0 Å². The standard InChI is InChI=1S/C18H23NO5/c1-10-6-7-18(21,24-5)13(8-10)12-9-14(22-3)17(23-4)15(11(2)20)16(12)19/h6,8-9,21H,7,19H2,1-5H3. The van der Waals surface area contributed by atoms with Crippen LogP contribution >= 0.6 is 0 Å². The molecule has 1 atom stereocenters. The van der Waals surface area contributed by atoms with E-state index in [9.17, 15) is 9.90 Å². The van der Waals surface area contributed by atoms with E-state index in [1.165, 1.54) is 28.3 Å². The van der Waals surface area contributed by atoms with Crippen LogP contribution in [0.2, 0.25) is 0 Å². The second kappa shape index (κ2) is 6.67. The van der Waals surface area contributed by atoms with Gasteiger partial charge in [0.1, 0.15) is 0 Å². The van der Waals surface area contributed by atoms with Gasteiger partial charge in [-0.05, 0) is 19.9 Å². The molecule has 0 saturated heterocycles. The van der Waals surface area contributed by atoms with Crippen LogP contribution in [0.1, 0.15) is 36.2 Å². The summed E-state index contributed by atoms with van der Waals surface area (Å²) in [6.07, 6.45) is 3.94. The third kappa shape index (κ3) is 2.90. The monoisotopic (exact) mass is 333 g/mol. The molecular formula is C18H23NO5. The van der Waals surface area contributed by atoms with Crippen molar-refractivity contribution in [3.05, 3.63) is 34.9 Å². The fraction of sp³-hybridized carbons (Fsp3) is 0.389. The summed E-state index contributed by atoms with van der Waals surface area (Å²) < 4.78 is 16.0. The molecule has 6 heteroatoms. The van der Waals surface area contributed by atoms with Gasteiger partial charge in [-0.15, -0.1) is 0 Å². The van der Waals surface area contributed by atoms with Gasteiger partial charge in [0, 0.05) is 24.7 Å². The number of anilines is 1. The molecule has 0 heterocycles. The Balaban J connectivity index is 2.81. The Bertz CT molecular complexity index is 735. The highest BCUT2D eigenvalue weighted by Crippen LogP contribution is 2.45. The second-order valence-corrected chi connectivity index (χ2v) is 5.70. The van der Waals surface area contributed by atoms with E-state index in [1.54, 1.807) is 12.1 Å². The SMILES string of the molecule is COc1cc(C2=CC(C)=CCC2(O)OC)c(N)c(C(C)=O)c1OC. The predicted molar refractivity (Wildman–Crippen MR) is 92.3 cm³/mol. The number of benzene rings is 1. The first-order chi connectivity index (χ1) is 11.3. The van der Waals surface area contributed by atoms with Crippen LogP contribution in [0.5, 0.6) is 11.5 Å². The largest absolute Gasteiger partial charge is 0.493 e. The minimum Gasteiger partial charge on any atom is -0.493 e. The fourth-order valence-corrected chi connectivity index (χ4v) is 2.87. The van der Waals surface area contributed by atoms with Crippen molar-refractivity contribution in [3.63, 3.8) is 0 Å².